The highest BCUT2D eigenvalue weighted by atomic mass is 16.5. The Balaban J connectivity index is 0.000000226. The molecule has 0 aromatic carbocycles. The first-order chi connectivity index (χ1) is 6.07. The molecule has 0 aromatic rings. The van der Waals surface area contributed by atoms with Crippen molar-refractivity contribution in [2.24, 2.45) is 5.92 Å². The predicted molar refractivity (Wildman–Crippen MR) is 50.3 cm³/mol. The first-order valence-electron chi connectivity index (χ1n) is 4.74. The van der Waals surface area contributed by atoms with E-state index in [-0.39, 0.29) is 5.97 Å². The van der Waals surface area contributed by atoms with Gasteiger partial charge in [0, 0.05) is 19.3 Å². The van der Waals surface area contributed by atoms with E-state index >= 15 is 0 Å². The Morgan fingerprint density at radius 2 is 2.23 bits per heavy atom. The number of carbonyl (C=O) groups is 2. The van der Waals surface area contributed by atoms with E-state index in [4.69, 9.17) is 0 Å². The molecule has 76 valence electrons. The third kappa shape index (κ3) is 6.31. The molecule has 1 aliphatic carbocycles. The monoisotopic (exact) mass is 186 g/mol. The minimum absolute atomic E-state index is 0.211. The molecule has 1 unspecified atom stereocenters. The molecule has 0 heterocycles. The Morgan fingerprint density at radius 1 is 1.62 bits per heavy atom. The van der Waals surface area contributed by atoms with Crippen LogP contribution in [0.25, 0.3) is 0 Å². The smallest absolute Gasteiger partial charge is 0.302 e. The van der Waals surface area contributed by atoms with Crippen LogP contribution in [0.4, 0.5) is 0 Å². The van der Waals surface area contributed by atoms with Gasteiger partial charge >= 0.3 is 5.97 Å². The van der Waals surface area contributed by atoms with Crippen LogP contribution >= 0.6 is 0 Å². The molecular weight excluding hydrogens is 168 g/mol. The standard InChI is InChI=1S/C6H10O.C4H8O2/c1-5-3-2-4-6(5)7;1-3-6-4(2)5/h5H,2-4H2,1H3;3H2,1-2H3. The summed E-state index contributed by atoms with van der Waals surface area (Å²) >= 11 is 0. The number of hydrogen-bond acceptors (Lipinski definition) is 3. The highest BCUT2D eigenvalue weighted by Crippen LogP contribution is 2.19. The van der Waals surface area contributed by atoms with Gasteiger partial charge in [-0.25, -0.2) is 0 Å². The molecule has 0 amide bonds. The summed E-state index contributed by atoms with van der Waals surface area (Å²) in [5, 5.41) is 0. The molecular formula is C10H18O3. The number of Topliss-reactive ketones (excluding diaryl/α,β-unsaturated/α-hetero) is 1. The van der Waals surface area contributed by atoms with Gasteiger partial charge in [0.05, 0.1) is 6.61 Å². The molecule has 0 bridgehead atoms. The minimum Gasteiger partial charge on any atom is -0.466 e. The second kappa shape index (κ2) is 6.63. The van der Waals surface area contributed by atoms with E-state index in [1.54, 1.807) is 6.92 Å². The zero-order valence-electron chi connectivity index (χ0n) is 8.63. The van der Waals surface area contributed by atoms with Gasteiger partial charge in [0.2, 0.25) is 0 Å². The van der Waals surface area contributed by atoms with Gasteiger partial charge < -0.3 is 4.74 Å². The number of esters is 1. The lowest BCUT2D eigenvalue weighted by atomic mass is 10.1. The normalized spacial score (nSPS) is 20.5. The van der Waals surface area contributed by atoms with E-state index in [0.29, 0.717) is 18.3 Å². The van der Waals surface area contributed by atoms with E-state index in [1.165, 1.54) is 6.92 Å². The summed E-state index contributed by atoms with van der Waals surface area (Å²) in [7, 11) is 0. The molecule has 1 saturated carbocycles. The van der Waals surface area contributed by atoms with Crippen molar-refractivity contribution in [1.29, 1.82) is 0 Å². The van der Waals surface area contributed by atoms with Crippen molar-refractivity contribution in [2.75, 3.05) is 6.61 Å². The lowest BCUT2D eigenvalue weighted by Crippen LogP contribution is -1.98. The molecule has 0 radical (unpaired) electrons. The second-order valence-electron chi connectivity index (χ2n) is 3.18. The second-order valence-corrected chi connectivity index (χ2v) is 3.18. The summed E-state index contributed by atoms with van der Waals surface area (Å²) in [6, 6.07) is 0. The number of rotatable bonds is 1. The van der Waals surface area contributed by atoms with Crippen LogP contribution in [0.1, 0.15) is 40.0 Å². The number of carbonyl (C=O) groups excluding carboxylic acids is 2. The van der Waals surface area contributed by atoms with E-state index in [0.717, 1.165) is 19.3 Å². The van der Waals surface area contributed by atoms with Crippen molar-refractivity contribution in [2.45, 2.75) is 40.0 Å². The maximum absolute atomic E-state index is 10.6. The van der Waals surface area contributed by atoms with Crippen molar-refractivity contribution >= 4 is 11.8 Å². The van der Waals surface area contributed by atoms with Gasteiger partial charge in [0.15, 0.2) is 0 Å². The molecule has 13 heavy (non-hydrogen) atoms. The molecule has 0 N–H and O–H groups in total. The van der Waals surface area contributed by atoms with Gasteiger partial charge in [-0.1, -0.05) is 6.92 Å². The van der Waals surface area contributed by atoms with Gasteiger partial charge in [-0.3, -0.25) is 9.59 Å². The summed E-state index contributed by atoms with van der Waals surface area (Å²) in [6.07, 6.45) is 3.08. The lowest BCUT2D eigenvalue weighted by molar-refractivity contribution is -0.140. The number of ether oxygens (including phenoxy) is 1. The van der Waals surface area contributed by atoms with Crippen molar-refractivity contribution in [1.82, 2.24) is 0 Å². The van der Waals surface area contributed by atoms with Gasteiger partial charge in [0.25, 0.3) is 0 Å². The summed E-state index contributed by atoms with van der Waals surface area (Å²) in [6.45, 7) is 5.66. The molecule has 1 rings (SSSR count). The van der Waals surface area contributed by atoms with E-state index in [1.807, 2.05) is 6.92 Å². The summed E-state index contributed by atoms with van der Waals surface area (Å²) in [5.41, 5.74) is 0. The molecule has 0 aliphatic heterocycles. The SMILES string of the molecule is CC1CCCC1=O.CCOC(C)=O. The summed E-state index contributed by atoms with van der Waals surface area (Å²) in [4.78, 5) is 20.4. The minimum atomic E-state index is -0.211. The summed E-state index contributed by atoms with van der Waals surface area (Å²) in [5.74, 6) is 0.623. The average molecular weight is 186 g/mol. The molecule has 3 heteroatoms. The molecule has 3 nitrogen and oxygen atoms in total. The molecule has 0 aromatic heterocycles. The van der Waals surface area contributed by atoms with Crippen LogP contribution in [-0.4, -0.2) is 18.4 Å². The fourth-order valence-electron chi connectivity index (χ4n) is 1.19. The van der Waals surface area contributed by atoms with Crippen molar-refractivity contribution in [3.8, 4) is 0 Å². The summed E-state index contributed by atoms with van der Waals surface area (Å²) < 4.78 is 4.40. The highest BCUT2D eigenvalue weighted by Gasteiger charge is 2.18. The molecule has 0 spiro atoms. The molecule has 1 atom stereocenters. The van der Waals surface area contributed by atoms with Crippen LogP contribution in [0.2, 0.25) is 0 Å². The Labute approximate surface area is 79.5 Å². The van der Waals surface area contributed by atoms with Gasteiger partial charge in [-0.05, 0) is 19.8 Å². The van der Waals surface area contributed by atoms with Gasteiger partial charge in [0.1, 0.15) is 5.78 Å². The molecule has 1 fully saturated rings. The topological polar surface area (TPSA) is 43.4 Å². The zero-order valence-corrected chi connectivity index (χ0v) is 8.63. The molecule has 0 saturated heterocycles. The van der Waals surface area contributed by atoms with Crippen LogP contribution in [0, 0.1) is 5.92 Å². The van der Waals surface area contributed by atoms with Crippen LogP contribution < -0.4 is 0 Å². The first-order valence-corrected chi connectivity index (χ1v) is 4.74. The van der Waals surface area contributed by atoms with Crippen LogP contribution in [0.3, 0.4) is 0 Å². The van der Waals surface area contributed by atoms with Crippen molar-refractivity contribution in [3.05, 3.63) is 0 Å². The Kier molecular flexibility index (Phi) is 6.20. The lowest BCUT2D eigenvalue weighted by Gasteiger charge is -1.91. The quantitative estimate of drug-likeness (QED) is 0.588. The first kappa shape index (κ1) is 12.1. The fraction of sp³-hybridized carbons (Fsp3) is 0.800. The third-order valence-electron chi connectivity index (χ3n) is 1.96. The Morgan fingerprint density at radius 3 is 2.31 bits per heavy atom. The van der Waals surface area contributed by atoms with E-state index in [2.05, 4.69) is 4.74 Å². The van der Waals surface area contributed by atoms with E-state index in [9.17, 15) is 9.59 Å². The van der Waals surface area contributed by atoms with Crippen LogP contribution in [0.5, 0.6) is 0 Å². The van der Waals surface area contributed by atoms with Crippen LogP contribution in [0.15, 0.2) is 0 Å². The van der Waals surface area contributed by atoms with E-state index < -0.39 is 0 Å². The molecule has 1 aliphatic rings. The highest BCUT2D eigenvalue weighted by molar-refractivity contribution is 5.82. The van der Waals surface area contributed by atoms with Gasteiger partial charge in [-0.15, -0.1) is 0 Å². The number of ketones is 1. The maximum Gasteiger partial charge on any atom is 0.302 e. The fourth-order valence-corrected chi connectivity index (χ4v) is 1.19. The maximum atomic E-state index is 10.6. The average Bonchev–Trinajstić information content (AvgIpc) is 2.37. The predicted octanol–water partition coefficient (Wildman–Crippen LogP) is 1.94. The Bertz CT molecular complexity index is 175. The Hall–Kier alpha value is -0.860. The van der Waals surface area contributed by atoms with Gasteiger partial charge in [-0.2, -0.15) is 0 Å². The van der Waals surface area contributed by atoms with Crippen LogP contribution in [-0.2, 0) is 14.3 Å². The third-order valence-corrected chi connectivity index (χ3v) is 1.96. The number of hydrogen-bond donors (Lipinski definition) is 0. The van der Waals surface area contributed by atoms with Crippen molar-refractivity contribution < 1.29 is 14.3 Å². The van der Waals surface area contributed by atoms with Crippen molar-refractivity contribution in [3.63, 3.8) is 0 Å². The zero-order chi connectivity index (χ0) is 10.3. The largest absolute Gasteiger partial charge is 0.466 e.